The van der Waals surface area contributed by atoms with E-state index in [2.05, 4.69) is 5.32 Å². The number of rotatable bonds is 11. The summed E-state index contributed by atoms with van der Waals surface area (Å²) in [4.78, 5) is 29.4. The van der Waals surface area contributed by atoms with Crippen LogP contribution >= 0.6 is 23.2 Å². The van der Waals surface area contributed by atoms with Crippen molar-refractivity contribution in [2.75, 3.05) is 10.8 Å². The molecule has 0 radical (unpaired) electrons. The van der Waals surface area contributed by atoms with Gasteiger partial charge in [-0.3, -0.25) is 13.9 Å². The molecule has 4 rings (SSSR count). The first kappa shape index (κ1) is 36.8. The number of carbonyl (C=O) groups is 2. The number of halogens is 5. The van der Waals surface area contributed by atoms with Crippen LogP contribution in [0, 0.1) is 0 Å². The van der Waals surface area contributed by atoms with E-state index < -0.39 is 62.4 Å². The summed E-state index contributed by atoms with van der Waals surface area (Å²) in [6.07, 6.45) is -4.87. The highest BCUT2D eigenvalue weighted by Gasteiger charge is 2.38. The van der Waals surface area contributed by atoms with Gasteiger partial charge in [0.1, 0.15) is 12.6 Å². The molecule has 0 bridgehead atoms. The van der Waals surface area contributed by atoms with Gasteiger partial charge in [0.2, 0.25) is 11.8 Å². The summed E-state index contributed by atoms with van der Waals surface area (Å²) in [5.41, 5.74) is -1.24. The normalized spacial score (nSPS) is 12.7. The monoisotopic (exact) mass is 719 g/mol. The number of hydrogen-bond donors (Lipinski definition) is 1. The van der Waals surface area contributed by atoms with Crippen LogP contribution in [0.2, 0.25) is 10.0 Å². The first-order valence-corrected chi connectivity index (χ1v) is 17.0. The van der Waals surface area contributed by atoms with Crippen LogP contribution in [0.1, 0.15) is 37.5 Å². The molecular formula is C35H34Cl2F3N3O4S. The zero-order chi connectivity index (χ0) is 35.3. The van der Waals surface area contributed by atoms with E-state index >= 15 is 0 Å². The van der Waals surface area contributed by atoms with Crippen LogP contribution in [-0.2, 0) is 38.8 Å². The van der Waals surface area contributed by atoms with E-state index in [1.807, 2.05) is 0 Å². The van der Waals surface area contributed by atoms with Crippen molar-refractivity contribution in [3.8, 4) is 0 Å². The molecule has 0 fully saturated rings. The second-order valence-corrected chi connectivity index (χ2v) is 14.7. The molecule has 0 heterocycles. The second kappa shape index (κ2) is 15.0. The Balaban J connectivity index is 1.88. The summed E-state index contributed by atoms with van der Waals surface area (Å²) in [7, 11) is -4.62. The van der Waals surface area contributed by atoms with Crippen molar-refractivity contribution in [2.24, 2.45) is 0 Å². The van der Waals surface area contributed by atoms with E-state index in [0.717, 1.165) is 12.1 Å². The molecule has 1 N–H and O–H groups in total. The fourth-order valence-electron chi connectivity index (χ4n) is 4.95. The Morgan fingerprint density at radius 1 is 0.812 bits per heavy atom. The van der Waals surface area contributed by atoms with Gasteiger partial charge in [-0.2, -0.15) is 13.2 Å². The lowest BCUT2D eigenvalue weighted by Crippen LogP contribution is -2.56. The van der Waals surface area contributed by atoms with Gasteiger partial charge < -0.3 is 10.2 Å². The van der Waals surface area contributed by atoms with Crippen LogP contribution in [0.5, 0.6) is 0 Å². The van der Waals surface area contributed by atoms with Gasteiger partial charge in [-0.1, -0.05) is 89.9 Å². The van der Waals surface area contributed by atoms with E-state index in [-0.39, 0.29) is 17.9 Å². The van der Waals surface area contributed by atoms with Crippen LogP contribution in [0.15, 0.2) is 108 Å². The summed E-state index contributed by atoms with van der Waals surface area (Å²) in [5.74, 6) is -1.38. The third-order valence-electron chi connectivity index (χ3n) is 7.22. The van der Waals surface area contributed by atoms with Gasteiger partial charge in [0.15, 0.2) is 0 Å². The Labute approximate surface area is 288 Å². The smallest absolute Gasteiger partial charge is 0.350 e. The van der Waals surface area contributed by atoms with Gasteiger partial charge >= 0.3 is 6.18 Å². The van der Waals surface area contributed by atoms with Crippen molar-refractivity contribution in [1.82, 2.24) is 10.2 Å². The summed E-state index contributed by atoms with van der Waals surface area (Å²) in [6.45, 7) is 4.17. The minimum atomic E-state index is -4.92. The van der Waals surface area contributed by atoms with Crippen LogP contribution in [0.4, 0.5) is 18.9 Å². The Kier molecular flexibility index (Phi) is 11.5. The summed E-state index contributed by atoms with van der Waals surface area (Å²) < 4.78 is 70.5. The SMILES string of the molecule is CC(C)(C)NC(=O)C(Cc1ccccc1)N(Cc1ccccc1Cl)C(=O)CN(c1ccc(Cl)c(C(F)(F)F)c1)S(=O)(=O)c1ccccc1. The van der Waals surface area contributed by atoms with E-state index in [4.69, 9.17) is 23.2 Å². The fraction of sp³-hybridized carbons (Fsp3) is 0.257. The van der Waals surface area contributed by atoms with Gasteiger partial charge in [-0.25, -0.2) is 8.42 Å². The maximum atomic E-state index is 14.5. The van der Waals surface area contributed by atoms with E-state index in [9.17, 15) is 31.2 Å². The molecule has 4 aromatic carbocycles. The third-order valence-corrected chi connectivity index (χ3v) is 9.71. The standard InChI is InChI=1S/C35H34Cl2F3N3O4S/c1-34(2,3)41-33(45)31(20-24-12-6-4-7-13-24)42(22-25-14-10-11-17-29(25)36)32(44)23-43(48(46,47)27-15-8-5-9-16-27)26-18-19-30(37)28(21-26)35(38,39)40/h4-19,21,31H,20,22-23H2,1-3H3,(H,41,45). The topological polar surface area (TPSA) is 86.8 Å². The zero-order valence-corrected chi connectivity index (χ0v) is 28.7. The largest absolute Gasteiger partial charge is 0.417 e. The predicted molar refractivity (Wildman–Crippen MR) is 181 cm³/mol. The highest BCUT2D eigenvalue weighted by Crippen LogP contribution is 2.38. The van der Waals surface area contributed by atoms with Crippen LogP contribution in [0.3, 0.4) is 0 Å². The number of benzene rings is 4. The number of anilines is 1. The number of sulfonamides is 1. The molecule has 1 unspecified atom stereocenters. The van der Waals surface area contributed by atoms with Crippen LogP contribution in [0.25, 0.3) is 0 Å². The lowest BCUT2D eigenvalue weighted by Gasteiger charge is -2.35. The van der Waals surface area contributed by atoms with Crippen molar-refractivity contribution in [1.29, 1.82) is 0 Å². The van der Waals surface area contributed by atoms with Crippen molar-refractivity contribution in [2.45, 2.75) is 56.4 Å². The average Bonchev–Trinajstić information content (AvgIpc) is 3.02. The van der Waals surface area contributed by atoms with Gasteiger partial charge in [0.05, 0.1) is 21.2 Å². The maximum Gasteiger partial charge on any atom is 0.417 e. The number of alkyl halides is 3. The van der Waals surface area contributed by atoms with Crippen LogP contribution in [-0.4, -0.2) is 43.3 Å². The zero-order valence-electron chi connectivity index (χ0n) is 26.3. The predicted octanol–water partition coefficient (Wildman–Crippen LogP) is 7.76. The molecule has 48 heavy (non-hydrogen) atoms. The number of hydrogen-bond acceptors (Lipinski definition) is 4. The van der Waals surface area contributed by atoms with Gasteiger partial charge in [-0.05, 0) is 68.3 Å². The highest BCUT2D eigenvalue weighted by molar-refractivity contribution is 7.92. The molecule has 0 aliphatic carbocycles. The molecule has 0 saturated heterocycles. The molecule has 1 atom stereocenters. The molecule has 0 aromatic heterocycles. The number of nitrogens with zero attached hydrogens (tertiary/aromatic N) is 2. The maximum absolute atomic E-state index is 14.5. The molecule has 254 valence electrons. The summed E-state index contributed by atoms with van der Waals surface area (Å²) in [6, 6.07) is 24.0. The van der Waals surface area contributed by atoms with Gasteiger partial charge in [0.25, 0.3) is 10.0 Å². The molecule has 0 saturated carbocycles. The minimum absolute atomic E-state index is 0.0452. The minimum Gasteiger partial charge on any atom is -0.350 e. The molecule has 4 aromatic rings. The lowest BCUT2D eigenvalue weighted by molar-refractivity contribution is -0.140. The van der Waals surface area contributed by atoms with Crippen molar-refractivity contribution in [3.05, 3.63) is 130 Å². The Morgan fingerprint density at radius 3 is 1.98 bits per heavy atom. The lowest BCUT2D eigenvalue weighted by atomic mass is 10.0. The van der Waals surface area contributed by atoms with E-state index in [0.29, 0.717) is 26.5 Å². The van der Waals surface area contributed by atoms with Gasteiger partial charge in [0, 0.05) is 23.5 Å². The van der Waals surface area contributed by atoms with E-state index in [1.54, 1.807) is 81.4 Å². The number of nitrogens with one attached hydrogen (secondary N) is 1. The molecule has 2 amide bonds. The third kappa shape index (κ3) is 9.30. The quantitative estimate of drug-likeness (QED) is 0.172. The Hall–Kier alpha value is -4.06. The van der Waals surface area contributed by atoms with Crippen molar-refractivity contribution in [3.63, 3.8) is 0 Å². The fourth-order valence-corrected chi connectivity index (χ4v) is 6.80. The highest BCUT2D eigenvalue weighted by atomic mass is 35.5. The van der Waals surface area contributed by atoms with E-state index in [1.165, 1.54) is 29.2 Å². The summed E-state index contributed by atoms with van der Waals surface area (Å²) in [5, 5.41) is 2.56. The Morgan fingerprint density at radius 2 is 1.40 bits per heavy atom. The molecule has 0 aliphatic rings. The van der Waals surface area contributed by atoms with Crippen molar-refractivity contribution < 1.29 is 31.2 Å². The molecule has 0 aliphatic heterocycles. The Bertz CT molecular complexity index is 1850. The molecular weight excluding hydrogens is 686 g/mol. The van der Waals surface area contributed by atoms with Gasteiger partial charge in [-0.15, -0.1) is 0 Å². The average molecular weight is 721 g/mol. The first-order valence-electron chi connectivity index (χ1n) is 14.8. The van der Waals surface area contributed by atoms with Crippen LogP contribution < -0.4 is 9.62 Å². The molecule has 0 spiro atoms. The number of amides is 2. The first-order chi connectivity index (χ1) is 22.5. The molecule has 7 nitrogen and oxygen atoms in total. The summed E-state index contributed by atoms with van der Waals surface area (Å²) >= 11 is 12.4. The second-order valence-electron chi connectivity index (χ2n) is 12.0. The van der Waals surface area contributed by atoms with Crippen molar-refractivity contribution >= 4 is 50.7 Å². The molecule has 13 heteroatoms. The number of carbonyl (C=O) groups excluding carboxylic acids is 2.